The second-order valence-corrected chi connectivity index (χ2v) is 8.01. The number of amides is 2. The van der Waals surface area contributed by atoms with Crippen molar-refractivity contribution in [3.05, 3.63) is 44.3 Å². The van der Waals surface area contributed by atoms with Gasteiger partial charge in [-0.15, -0.1) is 22.7 Å². The van der Waals surface area contributed by atoms with E-state index < -0.39 is 0 Å². The van der Waals surface area contributed by atoms with Crippen molar-refractivity contribution >= 4 is 34.5 Å². The monoisotopic (exact) mass is 362 g/mol. The fraction of sp³-hybridized carbons (Fsp3) is 0.444. The van der Waals surface area contributed by atoms with Crippen LogP contribution in [0, 0.1) is 0 Å². The van der Waals surface area contributed by atoms with Gasteiger partial charge in [-0.3, -0.25) is 9.59 Å². The number of carbonyl (C=O) groups is 2. The van der Waals surface area contributed by atoms with Crippen molar-refractivity contribution in [2.24, 2.45) is 0 Å². The summed E-state index contributed by atoms with van der Waals surface area (Å²) in [5.41, 5.74) is 1.30. The molecule has 0 fully saturated rings. The van der Waals surface area contributed by atoms with Gasteiger partial charge < -0.3 is 10.2 Å². The molecule has 2 amide bonds. The van der Waals surface area contributed by atoms with Crippen LogP contribution in [0.15, 0.2) is 29.0 Å². The topological polar surface area (TPSA) is 49.4 Å². The molecule has 6 heteroatoms. The van der Waals surface area contributed by atoms with E-state index in [1.165, 1.54) is 17.4 Å². The molecule has 0 aliphatic carbocycles. The van der Waals surface area contributed by atoms with E-state index in [0.717, 1.165) is 24.3 Å². The summed E-state index contributed by atoms with van der Waals surface area (Å²) in [5, 5.41) is 7.02. The first kappa shape index (κ1) is 17.2. The minimum atomic E-state index is -0.239. The lowest BCUT2D eigenvalue weighted by atomic mass is 9.97. The highest BCUT2D eigenvalue weighted by atomic mass is 32.1. The number of thiophene rings is 2. The highest BCUT2D eigenvalue weighted by Gasteiger charge is 2.31. The molecule has 3 heterocycles. The number of hydrogen-bond donors (Lipinski definition) is 1. The number of nitrogens with one attached hydrogen (secondary N) is 1. The maximum absolute atomic E-state index is 13.0. The van der Waals surface area contributed by atoms with Crippen LogP contribution in [-0.4, -0.2) is 23.3 Å². The summed E-state index contributed by atoms with van der Waals surface area (Å²) >= 11 is 3.36. The summed E-state index contributed by atoms with van der Waals surface area (Å²) in [6.45, 7) is 4.39. The van der Waals surface area contributed by atoms with E-state index in [9.17, 15) is 9.59 Å². The van der Waals surface area contributed by atoms with Gasteiger partial charge in [0.25, 0.3) is 0 Å². The van der Waals surface area contributed by atoms with Crippen molar-refractivity contribution in [2.45, 2.75) is 45.2 Å². The number of hydrogen-bond acceptors (Lipinski definition) is 4. The maximum Gasteiger partial charge on any atom is 0.225 e. The smallest absolute Gasteiger partial charge is 0.225 e. The molecule has 0 aromatic carbocycles. The molecule has 0 radical (unpaired) electrons. The molecule has 2 aromatic heterocycles. The molecule has 2 aromatic rings. The molecule has 1 N–H and O–H groups in total. The van der Waals surface area contributed by atoms with Crippen LogP contribution in [0.2, 0.25) is 0 Å². The minimum absolute atomic E-state index is 0.105. The van der Waals surface area contributed by atoms with Crippen LogP contribution in [0.5, 0.6) is 0 Å². The maximum atomic E-state index is 13.0. The van der Waals surface area contributed by atoms with E-state index >= 15 is 0 Å². The molecule has 3 rings (SSSR count). The summed E-state index contributed by atoms with van der Waals surface area (Å²) in [4.78, 5) is 28.9. The predicted molar refractivity (Wildman–Crippen MR) is 98.3 cm³/mol. The fourth-order valence-electron chi connectivity index (χ4n) is 3.38. The first-order valence-corrected chi connectivity index (χ1v) is 10.0. The normalized spacial score (nSPS) is 18.1. The first-order chi connectivity index (χ1) is 11.6. The largest absolute Gasteiger partial charge is 0.348 e. The van der Waals surface area contributed by atoms with Crippen LogP contribution in [-0.2, 0) is 16.0 Å². The van der Waals surface area contributed by atoms with Crippen LogP contribution >= 0.6 is 22.7 Å². The molecular formula is C18H22N2O2S2. The van der Waals surface area contributed by atoms with Crippen molar-refractivity contribution in [1.29, 1.82) is 0 Å². The van der Waals surface area contributed by atoms with Crippen molar-refractivity contribution < 1.29 is 9.59 Å². The molecule has 2 unspecified atom stereocenters. The zero-order valence-corrected chi connectivity index (χ0v) is 15.6. The number of nitrogens with zero attached hydrogens (tertiary/aromatic N) is 1. The van der Waals surface area contributed by atoms with Gasteiger partial charge in [-0.25, -0.2) is 0 Å². The van der Waals surface area contributed by atoms with Crippen molar-refractivity contribution in [3.8, 4) is 0 Å². The third kappa shape index (κ3) is 3.54. The van der Waals surface area contributed by atoms with Crippen LogP contribution < -0.4 is 5.32 Å². The second kappa shape index (κ2) is 7.49. The summed E-state index contributed by atoms with van der Waals surface area (Å²) in [6.07, 6.45) is 2.16. The first-order valence-electron chi connectivity index (χ1n) is 8.26. The summed E-state index contributed by atoms with van der Waals surface area (Å²) in [6, 6.07) is 6.00. The molecule has 0 bridgehead atoms. The van der Waals surface area contributed by atoms with Gasteiger partial charge in [0.05, 0.1) is 18.5 Å². The molecule has 24 heavy (non-hydrogen) atoms. The van der Waals surface area contributed by atoms with E-state index in [-0.39, 0.29) is 23.9 Å². The van der Waals surface area contributed by atoms with E-state index in [4.69, 9.17) is 0 Å². The van der Waals surface area contributed by atoms with Crippen molar-refractivity contribution in [2.75, 3.05) is 6.54 Å². The number of carbonyl (C=O) groups excluding carboxylic acids is 2. The van der Waals surface area contributed by atoms with Gasteiger partial charge in [0.1, 0.15) is 0 Å². The second-order valence-electron chi connectivity index (χ2n) is 6.03. The third-order valence-electron chi connectivity index (χ3n) is 4.44. The minimum Gasteiger partial charge on any atom is -0.348 e. The fourth-order valence-corrected chi connectivity index (χ4v) is 5.09. The van der Waals surface area contributed by atoms with Gasteiger partial charge in [0, 0.05) is 23.2 Å². The van der Waals surface area contributed by atoms with E-state index in [2.05, 4.69) is 23.7 Å². The Balaban J connectivity index is 1.76. The lowest BCUT2D eigenvalue weighted by Gasteiger charge is -2.36. The quantitative estimate of drug-likeness (QED) is 0.876. The summed E-state index contributed by atoms with van der Waals surface area (Å²) in [5.74, 6) is 0.0119. The Hall–Kier alpha value is -1.66. The van der Waals surface area contributed by atoms with E-state index in [1.807, 2.05) is 22.4 Å². The van der Waals surface area contributed by atoms with E-state index in [0.29, 0.717) is 6.42 Å². The molecule has 0 spiro atoms. The Labute approximate surface area is 150 Å². The van der Waals surface area contributed by atoms with E-state index in [1.54, 1.807) is 22.7 Å². The van der Waals surface area contributed by atoms with Crippen LogP contribution in [0.3, 0.4) is 0 Å². The van der Waals surface area contributed by atoms with Crippen molar-refractivity contribution in [1.82, 2.24) is 10.2 Å². The van der Waals surface area contributed by atoms with Gasteiger partial charge >= 0.3 is 0 Å². The third-order valence-corrected chi connectivity index (χ3v) is 6.43. The zero-order valence-electron chi connectivity index (χ0n) is 14.0. The van der Waals surface area contributed by atoms with Gasteiger partial charge in [-0.2, -0.15) is 0 Å². The number of fused-ring (bicyclic) bond motifs is 1. The Morgan fingerprint density at radius 1 is 1.33 bits per heavy atom. The van der Waals surface area contributed by atoms with Gasteiger partial charge in [-0.1, -0.05) is 13.0 Å². The summed E-state index contributed by atoms with van der Waals surface area (Å²) in [7, 11) is 0. The SMILES string of the molecule is CCC1c2ccsc2CCN1C(=O)CC(NC(C)=O)c1cccs1. The molecule has 4 nitrogen and oxygen atoms in total. The van der Waals surface area contributed by atoms with Crippen LogP contribution in [0.4, 0.5) is 0 Å². The molecule has 2 atom stereocenters. The molecule has 0 saturated carbocycles. The van der Waals surface area contributed by atoms with Crippen LogP contribution in [0.25, 0.3) is 0 Å². The Bertz CT molecular complexity index is 708. The Morgan fingerprint density at radius 2 is 2.17 bits per heavy atom. The van der Waals surface area contributed by atoms with Gasteiger partial charge in [0.2, 0.25) is 11.8 Å². The molecule has 1 aliphatic heterocycles. The number of rotatable bonds is 5. The average molecular weight is 363 g/mol. The lowest BCUT2D eigenvalue weighted by molar-refractivity contribution is -0.135. The van der Waals surface area contributed by atoms with Crippen LogP contribution in [0.1, 0.15) is 54.1 Å². The Morgan fingerprint density at radius 3 is 2.83 bits per heavy atom. The Kier molecular flexibility index (Phi) is 5.36. The highest BCUT2D eigenvalue weighted by molar-refractivity contribution is 7.10. The molecule has 128 valence electrons. The molecule has 1 aliphatic rings. The van der Waals surface area contributed by atoms with Gasteiger partial charge in [-0.05, 0) is 41.3 Å². The lowest BCUT2D eigenvalue weighted by Crippen LogP contribution is -2.41. The average Bonchev–Trinajstić information content (AvgIpc) is 3.23. The molecular weight excluding hydrogens is 340 g/mol. The zero-order chi connectivity index (χ0) is 17.1. The summed E-state index contributed by atoms with van der Waals surface area (Å²) < 4.78 is 0. The van der Waals surface area contributed by atoms with Crippen molar-refractivity contribution in [3.63, 3.8) is 0 Å². The van der Waals surface area contributed by atoms with Gasteiger partial charge in [0.15, 0.2) is 0 Å². The standard InChI is InChI=1S/C18H22N2O2S2/c1-3-15-13-7-10-24-16(13)6-8-20(15)18(22)11-14(19-12(2)21)17-5-4-9-23-17/h4-5,7,9-10,14-15H,3,6,8,11H2,1-2H3,(H,19,21). The predicted octanol–water partition coefficient (Wildman–Crippen LogP) is 3.91. The molecule has 0 saturated heterocycles. The highest BCUT2D eigenvalue weighted by Crippen LogP contribution is 2.36.